The molecule has 0 bridgehead atoms. The van der Waals surface area contributed by atoms with Crippen LogP contribution in [-0.2, 0) is 6.54 Å². The second-order valence-corrected chi connectivity index (χ2v) is 11.1. The summed E-state index contributed by atoms with van der Waals surface area (Å²) in [5.74, 6) is -0.120. The largest absolute Gasteiger partial charge is 0.350 e. The number of fused-ring (bicyclic) bond motifs is 1. The molecule has 6 nitrogen and oxygen atoms in total. The number of amides is 1. The molecule has 5 aromatic rings. The highest BCUT2D eigenvalue weighted by molar-refractivity contribution is 6.31. The number of likely N-dealkylation sites (tertiary alicyclic amines) is 1. The van der Waals surface area contributed by atoms with Crippen LogP contribution in [0, 0.1) is 0 Å². The molecule has 3 heterocycles. The monoisotopic (exact) mass is 557 g/mol. The summed E-state index contributed by atoms with van der Waals surface area (Å²) in [6, 6.07) is 23.7. The maximum atomic E-state index is 13.9. The maximum Gasteiger partial charge on any atom is 0.268 e. The lowest BCUT2D eigenvalue weighted by Crippen LogP contribution is -2.43. The molecule has 0 aliphatic carbocycles. The van der Waals surface area contributed by atoms with Gasteiger partial charge in [0.25, 0.3) is 5.91 Å². The molecule has 0 radical (unpaired) electrons. The number of piperidine rings is 1. The van der Waals surface area contributed by atoms with E-state index < -0.39 is 0 Å². The standard InChI is InChI=1S/C31H29Cl2N5O/c1-37-15-13-24(14-16-37)35-31(39)29-27(25-12-11-23(33)17-26(25)36-29)30-28(21-5-3-2-4-6-21)34-19-38(30)18-20-7-9-22(32)10-8-20/h2-12,17,19,24,36H,13-16,18H2,1H3,(H,35,39). The molecule has 39 heavy (non-hydrogen) atoms. The van der Waals surface area contributed by atoms with E-state index in [9.17, 15) is 4.79 Å². The summed E-state index contributed by atoms with van der Waals surface area (Å²) in [6.45, 7) is 2.50. The maximum absolute atomic E-state index is 13.9. The lowest BCUT2D eigenvalue weighted by molar-refractivity contribution is 0.0913. The third kappa shape index (κ3) is 5.33. The average molecular weight is 559 g/mol. The normalized spacial score (nSPS) is 14.6. The second kappa shape index (κ2) is 10.9. The SMILES string of the molecule is CN1CCC(NC(=O)c2[nH]c3cc(Cl)ccc3c2-c2c(-c3ccccc3)ncn2Cc2ccc(Cl)cc2)CC1. The van der Waals surface area contributed by atoms with Crippen molar-refractivity contribution in [1.29, 1.82) is 0 Å². The van der Waals surface area contributed by atoms with Gasteiger partial charge < -0.3 is 19.8 Å². The van der Waals surface area contributed by atoms with Gasteiger partial charge in [-0.2, -0.15) is 0 Å². The molecular formula is C31H29Cl2N5O. The number of aromatic amines is 1. The van der Waals surface area contributed by atoms with Crippen LogP contribution in [0.4, 0.5) is 0 Å². The summed E-state index contributed by atoms with van der Waals surface area (Å²) in [4.78, 5) is 24.4. The molecular weight excluding hydrogens is 529 g/mol. The van der Waals surface area contributed by atoms with Gasteiger partial charge in [-0.15, -0.1) is 0 Å². The van der Waals surface area contributed by atoms with Crippen LogP contribution in [-0.4, -0.2) is 51.5 Å². The summed E-state index contributed by atoms with van der Waals surface area (Å²) >= 11 is 12.5. The zero-order chi connectivity index (χ0) is 26.9. The zero-order valence-corrected chi connectivity index (χ0v) is 23.1. The second-order valence-electron chi connectivity index (χ2n) is 10.2. The Hall–Kier alpha value is -3.58. The van der Waals surface area contributed by atoms with Crippen LogP contribution in [0.15, 0.2) is 79.1 Å². The van der Waals surface area contributed by atoms with Gasteiger partial charge in [0.1, 0.15) is 5.69 Å². The van der Waals surface area contributed by atoms with Gasteiger partial charge in [-0.1, -0.05) is 71.7 Å². The van der Waals surface area contributed by atoms with Gasteiger partial charge in [0.15, 0.2) is 0 Å². The molecule has 0 atom stereocenters. The first kappa shape index (κ1) is 25.7. The van der Waals surface area contributed by atoms with Crippen molar-refractivity contribution < 1.29 is 4.79 Å². The molecule has 0 saturated carbocycles. The highest BCUT2D eigenvalue weighted by atomic mass is 35.5. The highest BCUT2D eigenvalue weighted by Crippen LogP contribution is 2.39. The number of imidazole rings is 1. The number of hydrogen-bond acceptors (Lipinski definition) is 3. The Balaban J connectivity index is 1.51. The molecule has 1 saturated heterocycles. The summed E-state index contributed by atoms with van der Waals surface area (Å²) < 4.78 is 2.11. The van der Waals surface area contributed by atoms with Gasteiger partial charge in [-0.3, -0.25) is 4.79 Å². The number of nitrogens with zero attached hydrogens (tertiary/aromatic N) is 3. The van der Waals surface area contributed by atoms with Gasteiger partial charge in [0.2, 0.25) is 0 Å². The third-order valence-electron chi connectivity index (χ3n) is 7.43. The van der Waals surface area contributed by atoms with E-state index in [2.05, 4.69) is 26.8 Å². The van der Waals surface area contributed by atoms with E-state index in [1.807, 2.05) is 79.1 Å². The Kier molecular flexibility index (Phi) is 7.17. The fourth-order valence-corrected chi connectivity index (χ4v) is 5.65. The number of carbonyl (C=O) groups is 1. The molecule has 2 N–H and O–H groups in total. The van der Waals surface area contributed by atoms with E-state index in [1.165, 1.54) is 0 Å². The fourth-order valence-electron chi connectivity index (χ4n) is 5.35. The number of benzene rings is 3. The van der Waals surface area contributed by atoms with E-state index in [0.717, 1.165) is 64.9 Å². The summed E-state index contributed by atoms with van der Waals surface area (Å²) in [5, 5.41) is 5.51. The lowest BCUT2D eigenvalue weighted by Gasteiger charge is -2.29. The molecule has 0 unspecified atom stereocenters. The molecule has 2 aromatic heterocycles. The van der Waals surface area contributed by atoms with Crippen LogP contribution in [0.2, 0.25) is 10.0 Å². The molecule has 1 fully saturated rings. The Labute approximate surface area is 237 Å². The summed E-state index contributed by atoms with van der Waals surface area (Å²) in [7, 11) is 2.12. The van der Waals surface area contributed by atoms with Crippen LogP contribution in [0.1, 0.15) is 28.9 Å². The van der Waals surface area contributed by atoms with Crippen molar-refractivity contribution >= 4 is 40.0 Å². The van der Waals surface area contributed by atoms with Gasteiger partial charge in [-0.25, -0.2) is 4.98 Å². The van der Waals surface area contributed by atoms with Gasteiger partial charge in [0, 0.05) is 44.7 Å². The summed E-state index contributed by atoms with van der Waals surface area (Å²) in [5.41, 5.74) is 5.89. The van der Waals surface area contributed by atoms with Crippen LogP contribution < -0.4 is 5.32 Å². The average Bonchev–Trinajstić information content (AvgIpc) is 3.52. The minimum Gasteiger partial charge on any atom is -0.350 e. The quantitative estimate of drug-likeness (QED) is 0.239. The van der Waals surface area contributed by atoms with Crippen molar-refractivity contribution in [1.82, 2.24) is 24.8 Å². The number of halogens is 2. The Bertz CT molecular complexity index is 1620. The van der Waals surface area contributed by atoms with Crippen molar-refractivity contribution in [2.75, 3.05) is 20.1 Å². The van der Waals surface area contributed by atoms with E-state index in [0.29, 0.717) is 22.3 Å². The number of aromatic nitrogens is 3. The van der Waals surface area contributed by atoms with Crippen LogP contribution in [0.25, 0.3) is 33.4 Å². The highest BCUT2D eigenvalue weighted by Gasteiger charge is 2.27. The Morgan fingerprint density at radius 3 is 2.46 bits per heavy atom. The van der Waals surface area contributed by atoms with Crippen molar-refractivity contribution in [3.05, 3.63) is 100 Å². The molecule has 1 aliphatic rings. The smallest absolute Gasteiger partial charge is 0.268 e. The van der Waals surface area contributed by atoms with Crippen LogP contribution >= 0.6 is 23.2 Å². The van der Waals surface area contributed by atoms with Crippen molar-refractivity contribution in [2.24, 2.45) is 0 Å². The van der Waals surface area contributed by atoms with Gasteiger partial charge in [-0.05, 0) is 62.8 Å². The first-order valence-electron chi connectivity index (χ1n) is 13.1. The number of carbonyl (C=O) groups excluding carboxylic acids is 1. The lowest BCUT2D eigenvalue weighted by atomic mass is 10.00. The zero-order valence-electron chi connectivity index (χ0n) is 21.6. The van der Waals surface area contributed by atoms with Crippen molar-refractivity contribution in [2.45, 2.75) is 25.4 Å². The van der Waals surface area contributed by atoms with Gasteiger partial charge in [0.05, 0.1) is 17.7 Å². The minimum atomic E-state index is -0.120. The summed E-state index contributed by atoms with van der Waals surface area (Å²) in [6.07, 6.45) is 3.69. The molecule has 0 spiro atoms. The Morgan fingerprint density at radius 1 is 1.00 bits per heavy atom. The van der Waals surface area contributed by atoms with E-state index in [4.69, 9.17) is 28.2 Å². The van der Waals surface area contributed by atoms with Crippen LogP contribution in [0.5, 0.6) is 0 Å². The predicted molar refractivity (Wildman–Crippen MR) is 159 cm³/mol. The number of hydrogen-bond donors (Lipinski definition) is 2. The topological polar surface area (TPSA) is 66.0 Å². The third-order valence-corrected chi connectivity index (χ3v) is 7.92. The van der Waals surface area contributed by atoms with E-state index in [1.54, 1.807) is 0 Å². The molecule has 1 aliphatic heterocycles. The van der Waals surface area contributed by atoms with E-state index in [-0.39, 0.29) is 11.9 Å². The molecule has 1 amide bonds. The predicted octanol–water partition coefficient (Wildman–Crippen LogP) is 6.88. The first-order chi connectivity index (χ1) is 19.0. The number of H-pyrrole nitrogens is 1. The molecule has 3 aromatic carbocycles. The molecule has 198 valence electrons. The van der Waals surface area contributed by atoms with Crippen molar-refractivity contribution in [3.8, 4) is 22.5 Å². The fraction of sp³-hybridized carbons (Fsp3) is 0.226. The number of nitrogens with one attached hydrogen (secondary N) is 2. The van der Waals surface area contributed by atoms with E-state index >= 15 is 0 Å². The Morgan fingerprint density at radius 2 is 1.72 bits per heavy atom. The van der Waals surface area contributed by atoms with Crippen molar-refractivity contribution in [3.63, 3.8) is 0 Å². The minimum absolute atomic E-state index is 0.120. The molecule has 6 rings (SSSR count). The number of rotatable bonds is 6. The van der Waals surface area contributed by atoms with Crippen LogP contribution in [0.3, 0.4) is 0 Å². The first-order valence-corrected chi connectivity index (χ1v) is 13.9. The molecule has 8 heteroatoms. The van der Waals surface area contributed by atoms with Gasteiger partial charge >= 0.3 is 0 Å².